The molecule has 0 heterocycles. The molecule has 2 nitrogen and oxygen atoms in total. The average Bonchev–Trinajstić information content (AvgIpc) is 2.41. The summed E-state index contributed by atoms with van der Waals surface area (Å²) < 4.78 is 0. The maximum atomic E-state index is 9.81. The standard InChI is InChI=1S/C18H21NO/c1-18(2,3)17(14-9-5-4-6-10-14)19-13-15-11-7-8-12-16(15)20/h4-13,17,20H,1-3H3/t17-/m1/s1. The van der Waals surface area contributed by atoms with E-state index in [2.05, 4.69) is 32.9 Å². The first-order valence-corrected chi connectivity index (χ1v) is 6.84. The third kappa shape index (κ3) is 3.47. The van der Waals surface area contributed by atoms with Crippen LogP contribution in [0.1, 0.15) is 37.9 Å². The van der Waals surface area contributed by atoms with Crippen LogP contribution in [-0.4, -0.2) is 11.3 Å². The molecule has 20 heavy (non-hydrogen) atoms. The number of aromatic hydroxyl groups is 1. The largest absolute Gasteiger partial charge is 0.507 e. The van der Waals surface area contributed by atoms with Crippen molar-refractivity contribution in [2.45, 2.75) is 26.8 Å². The van der Waals surface area contributed by atoms with Gasteiger partial charge in [0.1, 0.15) is 5.75 Å². The van der Waals surface area contributed by atoms with Gasteiger partial charge in [0.05, 0.1) is 6.04 Å². The molecule has 0 aliphatic heterocycles. The molecule has 0 saturated heterocycles. The lowest BCUT2D eigenvalue weighted by molar-refractivity contribution is 0.330. The van der Waals surface area contributed by atoms with E-state index in [1.165, 1.54) is 5.56 Å². The van der Waals surface area contributed by atoms with E-state index in [0.29, 0.717) is 0 Å². The maximum Gasteiger partial charge on any atom is 0.124 e. The fourth-order valence-corrected chi connectivity index (χ4v) is 2.20. The highest BCUT2D eigenvalue weighted by Gasteiger charge is 2.25. The topological polar surface area (TPSA) is 32.6 Å². The predicted octanol–water partition coefficient (Wildman–Crippen LogP) is 4.60. The summed E-state index contributed by atoms with van der Waals surface area (Å²) in [6.07, 6.45) is 1.76. The van der Waals surface area contributed by atoms with Crippen LogP contribution in [0.15, 0.2) is 59.6 Å². The zero-order valence-electron chi connectivity index (χ0n) is 12.2. The summed E-state index contributed by atoms with van der Waals surface area (Å²) in [6, 6.07) is 17.6. The van der Waals surface area contributed by atoms with E-state index in [1.54, 1.807) is 12.3 Å². The first-order chi connectivity index (χ1) is 9.48. The lowest BCUT2D eigenvalue weighted by Gasteiger charge is -2.27. The Kier molecular flexibility index (Phi) is 4.23. The summed E-state index contributed by atoms with van der Waals surface area (Å²) in [6.45, 7) is 6.52. The van der Waals surface area contributed by atoms with Gasteiger partial charge in [-0.25, -0.2) is 0 Å². The first kappa shape index (κ1) is 14.3. The molecule has 0 aliphatic rings. The predicted molar refractivity (Wildman–Crippen MR) is 84.3 cm³/mol. The number of rotatable bonds is 3. The Hall–Kier alpha value is -2.09. The van der Waals surface area contributed by atoms with E-state index in [0.717, 1.165) is 5.56 Å². The number of hydrogen-bond donors (Lipinski definition) is 1. The normalized spacial score (nSPS) is 13.6. The molecule has 1 N–H and O–H groups in total. The lowest BCUT2D eigenvalue weighted by atomic mass is 9.83. The molecule has 104 valence electrons. The molecule has 0 bridgehead atoms. The lowest BCUT2D eigenvalue weighted by Crippen LogP contribution is -2.16. The molecule has 0 aromatic heterocycles. The van der Waals surface area contributed by atoms with Gasteiger partial charge in [0, 0.05) is 11.8 Å². The fourth-order valence-electron chi connectivity index (χ4n) is 2.20. The summed E-state index contributed by atoms with van der Waals surface area (Å²) in [5, 5.41) is 9.81. The van der Waals surface area contributed by atoms with Gasteiger partial charge in [0.15, 0.2) is 0 Å². The SMILES string of the molecule is CC(C)(C)[C@H](N=Cc1ccccc1O)c1ccccc1. The molecule has 0 amide bonds. The van der Waals surface area contributed by atoms with Crippen molar-refractivity contribution in [3.05, 3.63) is 65.7 Å². The smallest absolute Gasteiger partial charge is 0.124 e. The Bertz CT molecular complexity index is 582. The highest BCUT2D eigenvalue weighted by Crippen LogP contribution is 2.36. The number of benzene rings is 2. The van der Waals surface area contributed by atoms with E-state index in [4.69, 9.17) is 4.99 Å². The average molecular weight is 267 g/mol. The number of phenolic OH excluding ortho intramolecular Hbond substituents is 1. The van der Waals surface area contributed by atoms with Gasteiger partial charge in [0.2, 0.25) is 0 Å². The van der Waals surface area contributed by atoms with Crippen LogP contribution in [0, 0.1) is 5.41 Å². The monoisotopic (exact) mass is 267 g/mol. The quantitative estimate of drug-likeness (QED) is 0.810. The van der Waals surface area contributed by atoms with Crippen LogP contribution in [0.5, 0.6) is 5.75 Å². The molecule has 0 spiro atoms. The van der Waals surface area contributed by atoms with Crippen molar-refractivity contribution in [1.82, 2.24) is 0 Å². The molecular weight excluding hydrogens is 246 g/mol. The molecule has 2 aromatic carbocycles. The number of phenols is 1. The third-order valence-electron chi connectivity index (χ3n) is 3.24. The molecule has 0 radical (unpaired) electrons. The molecule has 2 heteroatoms. The van der Waals surface area contributed by atoms with Crippen LogP contribution in [0.25, 0.3) is 0 Å². The van der Waals surface area contributed by atoms with E-state index in [-0.39, 0.29) is 17.2 Å². The Morgan fingerprint density at radius 3 is 2.15 bits per heavy atom. The van der Waals surface area contributed by atoms with Gasteiger partial charge >= 0.3 is 0 Å². The van der Waals surface area contributed by atoms with Crippen molar-refractivity contribution in [2.24, 2.45) is 10.4 Å². The number of hydrogen-bond acceptors (Lipinski definition) is 2. The fraction of sp³-hybridized carbons (Fsp3) is 0.278. The van der Waals surface area contributed by atoms with Crippen LogP contribution >= 0.6 is 0 Å². The van der Waals surface area contributed by atoms with Crippen LogP contribution in [0.2, 0.25) is 0 Å². The van der Waals surface area contributed by atoms with Crippen LogP contribution in [0.3, 0.4) is 0 Å². The van der Waals surface area contributed by atoms with Crippen LogP contribution in [-0.2, 0) is 0 Å². The first-order valence-electron chi connectivity index (χ1n) is 6.84. The molecule has 0 aliphatic carbocycles. The molecule has 2 rings (SSSR count). The highest BCUT2D eigenvalue weighted by molar-refractivity contribution is 5.83. The molecule has 0 fully saturated rings. The third-order valence-corrected chi connectivity index (χ3v) is 3.24. The second-order valence-electron chi connectivity index (χ2n) is 6.02. The zero-order chi connectivity index (χ0) is 14.6. The van der Waals surface area contributed by atoms with Crippen molar-refractivity contribution in [2.75, 3.05) is 0 Å². The van der Waals surface area contributed by atoms with Gasteiger partial charge in [-0.2, -0.15) is 0 Å². The van der Waals surface area contributed by atoms with Gasteiger partial charge in [-0.15, -0.1) is 0 Å². The summed E-state index contributed by atoms with van der Waals surface area (Å²) in [4.78, 5) is 4.71. The zero-order valence-corrected chi connectivity index (χ0v) is 12.2. The minimum Gasteiger partial charge on any atom is -0.507 e. The van der Waals surface area contributed by atoms with Crippen molar-refractivity contribution < 1.29 is 5.11 Å². The number of para-hydroxylation sites is 1. The summed E-state index contributed by atoms with van der Waals surface area (Å²) >= 11 is 0. The second-order valence-corrected chi connectivity index (χ2v) is 6.02. The van der Waals surface area contributed by atoms with Gasteiger partial charge in [-0.05, 0) is 23.1 Å². The van der Waals surface area contributed by atoms with Gasteiger partial charge < -0.3 is 5.11 Å². The summed E-state index contributed by atoms with van der Waals surface area (Å²) in [7, 11) is 0. The van der Waals surface area contributed by atoms with E-state index < -0.39 is 0 Å². The van der Waals surface area contributed by atoms with Gasteiger partial charge in [-0.3, -0.25) is 4.99 Å². The highest BCUT2D eigenvalue weighted by atomic mass is 16.3. The number of nitrogens with zero attached hydrogens (tertiary/aromatic N) is 1. The Balaban J connectivity index is 2.33. The molecule has 0 saturated carbocycles. The van der Waals surface area contributed by atoms with Crippen molar-refractivity contribution >= 4 is 6.21 Å². The molecular formula is C18H21NO. The van der Waals surface area contributed by atoms with Crippen molar-refractivity contribution in [3.63, 3.8) is 0 Å². The van der Waals surface area contributed by atoms with E-state index in [9.17, 15) is 5.11 Å². The van der Waals surface area contributed by atoms with Crippen molar-refractivity contribution in [1.29, 1.82) is 0 Å². The van der Waals surface area contributed by atoms with E-state index in [1.807, 2.05) is 36.4 Å². The second kappa shape index (κ2) is 5.91. The van der Waals surface area contributed by atoms with Crippen molar-refractivity contribution in [3.8, 4) is 5.75 Å². The minimum absolute atomic E-state index is 0.0161. The Morgan fingerprint density at radius 1 is 0.950 bits per heavy atom. The minimum atomic E-state index is 0.0161. The van der Waals surface area contributed by atoms with E-state index >= 15 is 0 Å². The summed E-state index contributed by atoms with van der Waals surface area (Å²) in [5.41, 5.74) is 1.95. The molecule has 0 unspecified atom stereocenters. The Labute approximate surface area is 120 Å². The summed E-state index contributed by atoms with van der Waals surface area (Å²) in [5.74, 6) is 0.261. The van der Waals surface area contributed by atoms with Gasteiger partial charge in [-0.1, -0.05) is 63.2 Å². The molecule has 2 aromatic rings. The van der Waals surface area contributed by atoms with Crippen LogP contribution in [0.4, 0.5) is 0 Å². The van der Waals surface area contributed by atoms with Gasteiger partial charge in [0.25, 0.3) is 0 Å². The van der Waals surface area contributed by atoms with Crippen LogP contribution < -0.4 is 0 Å². The maximum absolute atomic E-state index is 9.81. The number of aliphatic imine (C=N–C) groups is 1. The Morgan fingerprint density at radius 2 is 1.55 bits per heavy atom. The molecule has 1 atom stereocenters.